The summed E-state index contributed by atoms with van der Waals surface area (Å²) in [7, 11) is 1.48. The predicted molar refractivity (Wildman–Crippen MR) is 126 cm³/mol. The highest BCUT2D eigenvalue weighted by Crippen LogP contribution is 2.28. The van der Waals surface area contributed by atoms with Crippen molar-refractivity contribution in [3.8, 4) is 28.6 Å². The Morgan fingerprint density at radius 3 is 2.55 bits per heavy atom. The normalized spacial score (nSPS) is 11.8. The lowest BCUT2D eigenvalue weighted by Crippen LogP contribution is -2.23. The van der Waals surface area contributed by atoms with Crippen molar-refractivity contribution in [2.24, 2.45) is 5.92 Å². The third-order valence-electron chi connectivity index (χ3n) is 4.62. The Balaban J connectivity index is 1.61. The van der Waals surface area contributed by atoms with E-state index in [1.54, 1.807) is 24.3 Å². The Hall–Kier alpha value is -3.72. The smallest absolute Gasteiger partial charge is 0.308 e. The molecule has 0 saturated carbocycles. The van der Waals surface area contributed by atoms with E-state index in [4.69, 9.17) is 14.2 Å². The Bertz CT molecular complexity index is 1410. The topological polar surface area (TPSA) is 92.0 Å². The highest BCUT2D eigenvalue weighted by atomic mass is 32.1. The van der Waals surface area contributed by atoms with Gasteiger partial charge in [-0.1, -0.05) is 31.3 Å². The number of carbonyl (C=O) groups excluding carboxylic acids is 1. The van der Waals surface area contributed by atoms with E-state index in [9.17, 15) is 9.59 Å². The Morgan fingerprint density at radius 1 is 1.15 bits per heavy atom. The molecule has 4 aromatic rings. The summed E-state index contributed by atoms with van der Waals surface area (Å²) in [6, 6.07) is 12.6. The monoisotopic (exact) mass is 465 g/mol. The van der Waals surface area contributed by atoms with Gasteiger partial charge in [0.2, 0.25) is 4.96 Å². The van der Waals surface area contributed by atoms with Gasteiger partial charge in [0.25, 0.3) is 5.56 Å². The largest absolute Gasteiger partial charge is 0.493 e. The fourth-order valence-electron chi connectivity index (χ4n) is 3.08. The van der Waals surface area contributed by atoms with Crippen LogP contribution in [0.15, 0.2) is 47.3 Å². The van der Waals surface area contributed by atoms with Crippen molar-refractivity contribution >= 4 is 28.3 Å². The number of benzene rings is 2. The maximum absolute atomic E-state index is 12.9. The molecule has 0 aliphatic heterocycles. The summed E-state index contributed by atoms with van der Waals surface area (Å²) in [6.07, 6.45) is 1.73. The molecule has 0 aliphatic carbocycles. The van der Waals surface area contributed by atoms with E-state index in [2.05, 4.69) is 23.9 Å². The molecular weight excluding hydrogens is 442 g/mol. The molecule has 0 unspecified atom stereocenters. The number of methoxy groups -OCH3 is 1. The molecule has 9 heteroatoms. The van der Waals surface area contributed by atoms with Gasteiger partial charge in [0.05, 0.1) is 18.2 Å². The van der Waals surface area contributed by atoms with Crippen LogP contribution < -0.4 is 24.3 Å². The van der Waals surface area contributed by atoms with Gasteiger partial charge in [0, 0.05) is 12.5 Å². The van der Waals surface area contributed by atoms with E-state index in [1.807, 2.05) is 24.3 Å². The van der Waals surface area contributed by atoms with E-state index in [-0.39, 0.29) is 5.56 Å². The van der Waals surface area contributed by atoms with Crippen LogP contribution in [0.2, 0.25) is 0 Å². The summed E-state index contributed by atoms with van der Waals surface area (Å²) in [5, 5.41) is 4.39. The molecule has 0 fully saturated rings. The maximum Gasteiger partial charge on any atom is 0.308 e. The van der Waals surface area contributed by atoms with Crippen LogP contribution in [-0.2, 0) is 4.79 Å². The predicted octanol–water partition coefficient (Wildman–Crippen LogP) is 3.33. The van der Waals surface area contributed by atoms with Crippen molar-refractivity contribution < 1.29 is 19.0 Å². The minimum atomic E-state index is -0.439. The lowest BCUT2D eigenvalue weighted by Gasteiger charge is -2.08. The first kappa shape index (κ1) is 22.5. The maximum atomic E-state index is 12.9. The second kappa shape index (κ2) is 9.41. The fraction of sp³-hybridized carbons (Fsp3) is 0.250. The summed E-state index contributed by atoms with van der Waals surface area (Å²) < 4.78 is 17.9. The second-order valence-corrected chi connectivity index (χ2v) is 8.79. The van der Waals surface area contributed by atoms with E-state index < -0.39 is 5.97 Å². The zero-order chi connectivity index (χ0) is 23.5. The first-order valence-corrected chi connectivity index (χ1v) is 11.2. The number of carbonyl (C=O) groups is 1. The highest BCUT2D eigenvalue weighted by molar-refractivity contribution is 7.15. The van der Waals surface area contributed by atoms with E-state index in [0.29, 0.717) is 39.3 Å². The Labute approximate surface area is 194 Å². The summed E-state index contributed by atoms with van der Waals surface area (Å²) in [5.74, 6) is 1.98. The third-order valence-corrected chi connectivity index (χ3v) is 5.58. The number of nitrogens with zero attached hydrogens (tertiary/aromatic N) is 3. The van der Waals surface area contributed by atoms with E-state index in [0.717, 1.165) is 16.9 Å². The number of hydrogen-bond acceptors (Lipinski definition) is 8. The molecule has 0 saturated heterocycles. The van der Waals surface area contributed by atoms with Crippen molar-refractivity contribution in [3.05, 3.63) is 62.9 Å². The van der Waals surface area contributed by atoms with Crippen molar-refractivity contribution in [2.75, 3.05) is 13.7 Å². The van der Waals surface area contributed by atoms with Crippen LogP contribution in [0.3, 0.4) is 0 Å². The van der Waals surface area contributed by atoms with Crippen LogP contribution in [0.4, 0.5) is 0 Å². The van der Waals surface area contributed by atoms with Crippen molar-refractivity contribution in [1.82, 2.24) is 14.6 Å². The molecule has 0 amide bonds. The molecule has 170 valence electrons. The first-order valence-electron chi connectivity index (χ1n) is 10.3. The number of hydrogen-bond donors (Lipinski definition) is 0. The molecule has 2 aromatic heterocycles. The van der Waals surface area contributed by atoms with Crippen LogP contribution in [0.25, 0.3) is 22.4 Å². The van der Waals surface area contributed by atoms with Crippen LogP contribution in [0.5, 0.6) is 17.2 Å². The number of aromatic nitrogens is 3. The minimum Gasteiger partial charge on any atom is -0.493 e. The SMILES string of the molecule is COc1cc(C=c2sc3nc(-c4ccc(OCC(C)C)cc4)nn3c2=O)ccc1OC(C)=O. The van der Waals surface area contributed by atoms with Crippen molar-refractivity contribution in [1.29, 1.82) is 0 Å². The third kappa shape index (κ3) is 5.04. The molecule has 0 bridgehead atoms. The molecule has 2 heterocycles. The van der Waals surface area contributed by atoms with Crippen LogP contribution in [0.1, 0.15) is 26.3 Å². The number of esters is 1. The van der Waals surface area contributed by atoms with Crippen molar-refractivity contribution in [2.45, 2.75) is 20.8 Å². The van der Waals surface area contributed by atoms with Gasteiger partial charge in [-0.15, -0.1) is 5.10 Å². The number of ether oxygens (including phenoxy) is 3. The van der Waals surface area contributed by atoms with Gasteiger partial charge < -0.3 is 14.2 Å². The van der Waals surface area contributed by atoms with Crippen LogP contribution in [-0.4, -0.2) is 34.3 Å². The molecular formula is C24H23N3O5S. The zero-order valence-electron chi connectivity index (χ0n) is 18.7. The number of fused-ring (bicyclic) bond motifs is 1. The molecule has 0 N–H and O–H groups in total. The lowest BCUT2D eigenvalue weighted by atomic mass is 10.2. The summed E-state index contributed by atoms with van der Waals surface area (Å²) >= 11 is 1.25. The molecule has 2 aromatic carbocycles. The quantitative estimate of drug-likeness (QED) is 0.305. The summed E-state index contributed by atoms with van der Waals surface area (Å²) in [4.78, 5) is 29.1. The molecule has 0 radical (unpaired) electrons. The molecule has 0 spiro atoms. The van der Waals surface area contributed by atoms with Crippen LogP contribution >= 0.6 is 11.3 Å². The van der Waals surface area contributed by atoms with E-state index >= 15 is 0 Å². The Morgan fingerprint density at radius 2 is 1.91 bits per heavy atom. The average molecular weight is 466 g/mol. The van der Waals surface area contributed by atoms with Gasteiger partial charge in [-0.25, -0.2) is 0 Å². The zero-order valence-corrected chi connectivity index (χ0v) is 19.5. The van der Waals surface area contributed by atoms with Gasteiger partial charge in [-0.05, 0) is 54.0 Å². The highest BCUT2D eigenvalue weighted by Gasteiger charge is 2.13. The van der Waals surface area contributed by atoms with Gasteiger partial charge in [-0.3, -0.25) is 9.59 Å². The van der Waals surface area contributed by atoms with Gasteiger partial charge in [0.1, 0.15) is 5.75 Å². The molecule has 0 atom stereocenters. The molecule has 0 aliphatic rings. The fourth-order valence-corrected chi connectivity index (χ4v) is 3.99. The van der Waals surface area contributed by atoms with Crippen molar-refractivity contribution in [3.63, 3.8) is 0 Å². The van der Waals surface area contributed by atoms with Gasteiger partial charge in [-0.2, -0.15) is 9.50 Å². The molecule has 33 heavy (non-hydrogen) atoms. The summed E-state index contributed by atoms with van der Waals surface area (Å²) in [6.45, 7) is 6.16. The standard InChI is InChI=1S/C24H23N3O5S/c1-14(2)13-31-18-8-6-17(7-9-18)22-25-24-27(26-22)23(29)21(33-24)12-16-5-10-19(32-15(3)28)20(11-16)30-4/h5-12,14H,13H2,1-4H3. The lowest BCUT2D eigenvalue weighted by molar-refractivity contribution is -0.132. The number of thiazole rings is 1. The molecule has 4 rings (SSSR count). The Kier molecular flexibility index (Phi) is 6.41. The number of rotatable bonds is 7. The molecule has 8 nitrogen and oxygen atoms in total. The van der Waals surface area contributed by atoms with Gasteiger partial charge >= 0.3 is 5.97 Å². The minimum absolute atomic E-state index is 0.256. The average Bonchev–Trinajstić information content (AvgIpc) is 3.32. The van der Waals surface area contributed by atoms with Gasteiger partial charge in [0.15, 0.2) is 17.3 Å². The second-order valence-electron chi connectivity index (χ2n) is 7.78. The van der Waals surface area contributed by atoms with Crippen LogP contribution in [0, 0.1) is 5.92 Å². The van der Waals surface area contributed by atoms with E-state index in [1.165, 1.54) is 29.9 Å². The summed E-state index contributed by atoms with van der Waals surface area (Å²) in [5.41, 5.74) is 1.27. The first-order chi connectivity index (χ1) is 15.8.